The Balaban J connectivity index is 1.35. The average Bonchev–Trinajstić information content (AvgIpc) is 3.42. The number of rotatable bonds is 7. The minimum Gasteiger partial charge on any atom is -0.309 e. The molecule has 2 N–H and O–H groups in total. The number of nitrogens with one attached hydrogen (secondary N) is 2. The summed E-state index contributed by atoms with van der Waals surface area (Å²) in [7, 11) is 4.14. The highest BCUT2D eigenvalue weighted by Gasteiger charge is 2.25. The van der Waals surface area contributed by atoms with Crippen LogP contribution in [0.25, 0.3) is 11.1 Å². The molecule has 5 heteroatoms. The van der Waals surface area contributed by atoms with E-state index in [9.17, 15) is 4.79 Å². The number of hydrogen-bond donors (Lipinski definition) is 2. The average molecular weight is 374 g/mol. The second-order valence-electron chi connectivity index (χ2n) is 7.84. The van der Waals surface area contributed by atoms with Crippen molar-refractivity contribution in [2.45, 2.75) is 31.7 Å². The Labute approximate surface area is 165 Å². The highest BCUT2D eigenvalue weighted by molar-refractivity contribution is 5.91. The van der Waals surface area contributed by atoms with Crippen LogP contribution < -0.4 is 5.32 Å². The Morgan fingerprint density at radius 1 is 1.04 bits per heavy atom. The Bertz CT molecular complexity index is 937. The molecule has 0 unspecified atom stereocenters. The van der Waals surface area contributed by atoms with Crippen molar-refractivity contribution in [1.29, 1.82) is 0 Å². The van der Waals surface area contributed by atoms with Gasteiger partial charge in [-0.15, -0.1) is 0 Å². The molecule has 5 nitrogen and oxygen atoms in total. The van der Waals surface area contributed by atoms with Crippen LogP contribution in [-0.2, 0) is 17.8 Å². The van der Waals surface area contributed by atoms with Crippen molar-refractivity contribution >= 4 is 11.7 Å². The van der Waals surface area contributed by atoms with E-state index in [0.717, 1.165) is 23.4 Å². The van der Waals surface area contributed by atoms with E-state index < -0.39 is 0 Å². The molecule has 1 aliphatic rings. The van der Waals surface area contributed by atoms with Crippen LogP contribution in [0.3, 0.4) is 0 Å². The molecule has 0 atom stereocenters. The molecule has 1 amide bonds. The van der Waals surface area contributed by atoms with Gasteiger partial charge in [0.2, 0.25) is 5.91 Å². The molecule has 4 rings (SSSR count). The van der Waals surface area contributed by atoms with Crippen LogP contribution in [0.2, 0.25) is 0 Å². The van der Waals surface area contributed by atoms with E-state index in [1.54, 1.807) is 0 Å². The number of benzene rings is 2. The lowest BCUT2D eigenvalue weighted by molar-refractivity contribution is -0.115. The third-order valence-electron chi connectivity index (χ3n) is 4.99. The summed E-state index contributed by atoms with van der Waals surface area (Å²) in [4.78, 5) is 14.4. The number of aromatic amines is 1. The van der Waals surface area contributed by atoms with Crippen molar-refractivity contribution in [1.82, 2.24) is 15.1 Å². The number of amides is 1. The summed E-state index contributed by atoms with van der Waals surface area (Å²) in [6.07, 6.45) is 2.76. The number of hydrogen-bond acceptors (Lipinski definition) is 3. The number of anilines is 1. The molecule has 0 radical (unpaired) electrons. The molecule has 1 aliphatic carbocycles. The Morgan fingerprint density at radius 3 is 2.21 bits per heavy atom. The summed E-state index contributed by atoms with van der Waals surface area (Å²) in [6.45, 7) is 0.937. The molecule has 0 saturated heterocycles. The first-order valence-electron chi connectivity index (χ1n) is 9.75. The van der Waals surface area contributed by atoms with Crippen LogP contribution in [0.4, 0.5) is 5.82 Å². The van der Waals surface area contributed by atoms with Crippen LogP contribution in [-0.4, -0.2) is 35.1 Å². The maximum Gasteiger partial charge on any atom is 0.229 e. The highest BCUT2D eigenvalue weighted by atomic mass is 16.1. The van der Waals surface area contributed by atoms with Gasteiger partial charge >= 0.3 is 0 Å². The summed E-state index contributed by atoms with van der Waals surface area (Å²) >= 11 is 0. The monoisotopic (exact) mass is 374 g/mol. The van der Waals surface area contributed by atoms with Gasteiger partial charge in [-0.05, 0) is 49.2 Å². The van der Waals surface area contributed by atoms with E-state index in [-0.39, 0.29) is 5.91 Å². The minimum atomic E-state index is -0.0466. The normalized spacial score (nSPS) is 13.7. The number of nitrogens with zero attached hydrogens (tertiary/aromatic N) is 2. The third kappa shape index (κ3) is 4.67. The molecule has 144 valence electrons. The van der Waals surface area contributed by atoms with Crippen LogP contribution in [0, 0.1) is 0 Å². The second kappa shape index (κ2) is 7.98. The van der Waals surface area contributed by atoms with Crippen LogP contribution in [0.5, 0.6) is 0 Å². The van der Waals surface area contributed by atoms with E-state index >= 15 is 0 Å². The topological polar surface area (TPSA) is 61.0 Å². The Kier molecular flexibility index (Phi) is 5.26. The first-order chi connectivity index (χ1) is 13.6. The molecule has 0 bridgehead atoms. The van der Waals surface area contributed by atoms with Gasteiger partial charge in [0.15, 0.2) is 5.82 Å². The molecular weight excluding hydrogens is 348 g/mol. The lowest BCUT2D eigenvalue weighted by Gasteiger charge is -2.10. The highest BCUT2D eigenvalue weighted by Crippen LogP contribution is 2.39. The summed E-state index contributed by atoms with van der Waals surface area (Å²) < 4.78 is 0. The van der Waals surface area contributed by atoms with E-state index in [1.165, 1.54) is 24.0 Å². The maximum atomic E-state index is 12.3. The van der Waals surface area contributed by atoms with Gasteiger partial charge in [-0.25, -0.2) is 0 Å². The predicted octanol–water partition coefficient (Wildman–Crippen LogP) is 4.20. The zero-order valence-corrected chi connectivity index (χ0v) is 16.4. The van der Waals surface area contributed by atoms with Crippen molar-refractivity contribution in [3.05, 3.63) is 71.4 Å². The van der Waals surface area contributed by atoms with Crippen molar-refractivity contribution in [2.24, 2.45) is 0 Å². The van der Waals surface area contributed by atoms with Gasteiger partial charge in [-0.2, -0.15) is 5.10 Å². The zero-order valence-electron chi connectivity index (χ0n) is 16.4. The Hall–Kier alpha value is -2.92. The maximum absolute atomic E-state index is 12.3. The van der Waals surface area contributed by atoms with Crippen LogP contribution in [0.15, 0.2) is 54.6 Å². The van der Waals surface area contributed by atoms with Crippen molar-refractivity contribution in [3.63, 3.8) is 0 Å². The van der Waals surface area contributed by atoms with E-state index in [4.69, 9.17) is 0 Å². The third-order valence-corrected chi connectivity index (χ3v) is 4.99. The van der Waals surface area contributed by atoms with Gasteiger partial charge in [-0.1, -0.05) is 48.5 Å². The molecule has 1 fully saturated rings. The smallest absolute Gasteiger partial charge is 0.229 e. The van der Waals surface area contributed by atoms with Crippen LogP contribution >= 0.6 is 0 Å². The molecule has 2 aromatic carbocycles. The predicted molar refractivity (Wildman–Crippen MR) is 112 cm³/mol. The zero-order chi connectivity index (χ0) is 19.5. The van der Waals surface area contributed by atoms with Gasteiger partial charge in [0.1, 0.15) is 0 Å². The number of carbonyl (C=O) groups excluding carboxylic acids is 1. The van der Waals surface area contributed by atoms with Gasteiger partial charge in [0.05, 0.1) is 6.42 Å². The molecule has 1 aromatic heterocycles. The van der Waals surface area contributed by atoms with Gasteiger partial charge < -0.3 is 10.2 Å². The fourth-order valence-electron chi connectivity index (χ4n) is 3.36. The van der Waals surface area contributed by atoms with E-state index in [0.29, 0.717) is 18.2 Å². The van der Waals surface area contributed by atoms with Crippen molar-refractivity contribution in [3.8, 4) is 11.1 Å². The summed E-state index contributed by atoms with van der Waals surface area (Å²) in [5, 5.41) is 10.1. The van der Waals surface area contributed by atoms with E-state index in [2.05, 4.69) is 70.9 Å². The summed E-state index contributed by atoms with van der Waals surface area (Å²) in [5.74, 6) is 1.17. The SMILES string of the molecule is CN(C)Cc1ccc(-c2ccc(CC(=O)Nc3cc(C4CC4)[nH]n3)cc2)cc1. The molecule has 1 saturated carbocycles. The first kappa shape index (κ1) is 18.4. The first-order valence-corrected chi connectivity index (χ1v) is 9.75. The van der Waals surface area contributed by atoms with Crippen molar-refractivity contribution in [2.75, 3.05) is 19.4 Å². The fourth-order valence-corrected chi connectivity index (χ4v) is 3.36. The fraction of sp³-hybridized carbons (Fsp3) is 0.304. The minimum absolute atomic E-state index is 0.0466. The largest absolute Gasteiger partial charge is 0.309 e. The van der Waals surface area contributed by atoms with Gasteiger partial charge in [-0.3, -0.25) is 9.89 Å². The molecule has 28 heavy (non-hydrogen) atoms. The van der Waals surface area contributed by atoms with Crippen molar-refractivity contribution < 1.29 is 4.79 Å². The second-order valence-corrected chi connectivity index (χ2v) is 7.84. The van der Waals surface area contributed by atoms with Crippen LogP contribution in [0.1, 0.15) is 35.6 Å². The quantitative estimate of drug-likeness (QED) is 0.652. The van der Waals surface area contributed by atoms with Gasteiger partial charge in [0.25, 0.3) is 0 Å². The number of H-pyrrole nitrogens is 1. The lowest BCUT2D eigenvalue weighted by atomic mass is 10.0. The van der Waals surface area contributed by atoms with Gasteiger partial charge in [0, 0.05) is 24.2 Å². The summed E-state index contributed by atoms with van der Waals surface area (Å²) in [6, 6.07) is 18.7. The molecular formula is C23H26N4O. The number of aromatic nitrogens is 2. The Morgan fingerprint density at radius 2 is 1.64 bits per heavy atom. The number of carbonyl (C=O) groups is 1. The standard InChI is InChI=1S/C23H26N4O/c1-27(2)15-17-5-9-19(10-6-17)18-7-3-16(4-8-18)13-23(28)24-22-14-21(25-26-22)20-11-12-20/h3-10,14,20H,11-13,15H2,1-2H3,(H2,24,25,26,28). The molecule has 0 spiro atoms. The van der Waals surface area contributed by atoms with E-state index in [1.807, 2.05) is 18.2 Å². The summed E-state index contributed by atoms with van der Waals surface area (Å²) in [5.41, 5.74) is 5.74. The molecule has 3 aromatic rings. The molecule has 1 heterocycles. The molecule has 0 aliphatic heterocycles. The lowest BCUT2D eigenvalue weighted by Crippen LogP contribution is -2.14.